The zero-order valence-corrected chi connectivity index (χ0v) is 9.86. The minimum atomic E-state index is 0.569. The highest BCUT2D eigenvalue weighted by atomic mass is 16.6. The standard InChI is InChI=1S/C13H20N2O/c1-11-4-6-13(7-5-11)15-8-2-3-12(9-15)10-16-14/h4-7,12H,2-3,8-10,14H2,1H3. The summed E-state index contributed by atoms with van der Waals surface area (Å²) in [5, 5.41) is 0. The number of nitrogens with zero attached hydrogens (tertiary/aromatic N) is 1. The fourth-order valence-corrected chi connectivity index (χ4v) is 2.33. The van der Waals surface area contributed by atoms with Crippen molar-refractivity contribution in [2.45, 2.75) is 19.8 Å². The molecule has 2 N–H and O–H groups in total. The van der Waals surface area contributed by atoms with Crippen molar-refractivity contribution in [3.8, 4) is 0 Å². The van der Waals surface area contributed by atoms with Gasteiger partial charge in [-0.2, -0.15) is 0 Å². The first-order valence-electron chi connectivity index (χ1n) is 5.93. The van der Waals surface area contributed by atoms with Crippen molar-refractivity contribution in [1.29, 1.82) is 0 Å². The van der Waals surface area contributed by atoms with E-state index < -0.39 is 0 Å². The Balaban J connectivity index is 2.01. The molecule has 0 radical (unpaired) electrons. The third-order valence-electron chi connectivity index (χ3n) is 3.25. The zero-order chi connectivity index (χ0) is 11.4. The molecular weight excluding hydrogens is 200 g/mol. The molecule has 1 heterocycles. The molecule has 2 rings (SSSR count). The molecule has 1 fully saturated rings. The van der Waals surface area contributed by atoms with Crippen molar-refractivity contribution in [2.75, 3.05) is 24.6 Å². The maximum absolute atomic E-state index is 5.14. The van der Waals surface area contributed by atoms with Gasteiger partial charge in [-0.1, -0.05) is 17.7 Å². The molecule has 1 aliphatic heterocycles. The van der Waals surface area contributed by atoms with E-state index in [1.807, 2.05) is 0 Å². The van der Waals surface area contributed by atoms with Gasteiger partial charge in [0.2, 0.25) is 0 Å². The smallest absolute Gasteiger partial charge is 0.0724 e. The topological polar surface area (TPSA) is 38.5 Å². The summed E-state index contributed by atoms with van der Waals surface area (Å²) in [6.07, 6.45) is 2.45. The van der Waals surface area contributed by atoms with E-state index in [1.165, 1.54) is 24.1 Å². The largest absolute Gasteiger partial charge is 0.371 e. The Morgan fingerprint density at radius 2 is 2.12 bits per heavy atom. The van der Waals surface area contributed by atoms with Gasteiger partial charge in [0.15, 0.2) is 0 Å². The molecule has 1 aliphatic rings. The summed E-state index contributed by atoms with van der Waals surface area (Å²) in [5.74, 6) is 5.71. The molecule has 0 spiro atoms. The van der Waals surface area contributed by atoms with E-state index in [9.17, 15) is 0 Å². The molecule has 16 heavy (non-hydrogen) atoms. The summed E-state index contributed by atoms with van der Waals surface area (Å²) in [6.45, 7) is 4.98. The summed E-state index contributed by atoms with van der Waals surface area (Å²) in [5.41, 5.74) is 2.62. The predicted molar refractivity (Wildman–Crippen MR) is 66.3 cm³/mol. The van der Waals surface area contributed by atoms with Gasteiger partial charge in [0.25, 0.3) is 0 Å². The van der Waals surface area contributed by atoms with Gasteiger partial charge in [-0.3, -0.25) is 0 Å². The van der Waals surface area contributed by atoms with Crippen LogP contribution in [-0.2, 0) is 4.84 Å². The molecule has 0 amide bonds. The van der Waals surface area contributed by atoms with Gasteiger partial charge in [0, 0.05) is 24.7 Å². The second kappa shape index (κ2) is 5.32. The summed E-state index contributed by atoms with van der Waals surface area (Å²) < 4.78 is 0. The maximum atomic E-state index is 5.14. The minimum absolute atomic E-state index is 0.569. The molecule has 0 bridgehead atoms. The predicted octanol–water partition coefficient (Wildman–Crippen LogP) is 2.10. The Bertz CT molecular complexity index is 321. The molecule has 0 aliphatic carbocycles. The van der Waals surface area contributed by atoms with E-state index in [0.29, 0.717) is 12.5 Å². The number of aryl methyl sites for hydroxylation is 1. The van der Waals surface area contributed by atoms with Crippen molar-refractivity contribution in [3.63, 3.8) is 0 Å². The van der Waals surface area contributed by atoms with Gasteiger partial charge >= 0.3 is 0 Å². The second-order valence-corrected chi connectivity index (χ2v) is 4.62. The Morgan fingerprint density at radius 3 is 2.81 bits per heavy atom. The second-order valence-electron chi connectivity index (χ2n) is 4.62. The molecule has 1 aromatic rings. The highest BCUT2D eigenvalue weighted by Gasteiger charge is 2.19. The number of piperidine rings is 1. The van der Waals surface area contributed by atoms with E-state index in [4.69, 9.17) is 10.7 Å². The monoisotopic (exact) mass is 220 g/mol. The van der Waals surface area contributed by atoms with Crippen LogP contribution in [0.15, 0.2) is 24.3 Å². The fourth-order valence-electron chi connectivity index (χ4n) is 2.33. The molecule has 3 heteroatoms. The van der Waals surface area contributed by atoms with Crippen LogP contribution in [0.1, 0.15) is 18.4 Å². The molecule has 0 aromatic heterocycles. The van der Waals surface area contributed by atoms with Crippen LogP contribution in [0, 0.1) is 12.8 Å². The molecule has 1 aromatic carbocycles. The number of nitrogens with two attached hydrogens (primary N) is 1. The highest BCUT2D eigenvalue weighted by Crippen LogP contribution is 2.23. The molecule has 1 unspecified atom stereocenters. The van der Waals surface area contributed by atoms with Crippen LogP contribution in [0.2, 0.25) is 0 Å². The lowest BCUT2D eigenvalue weighted by atomic mass is 9.98. The van der Waals surface area contributed by atoms with Crippen molar-refractivity contribution < 1.29 is 4.84 Å². The first-order chi connectivity index (χ1) is 7.79. The molecule has 1 atom stereocenters. The quantitative estimate of drug-likeness (QED) is 0.793. The normalized spacial score (nSPS) is 21.1. The minimum Gasteiger partial charge on any atom is -0.371 e. The molecule has 0 saturated carbocycles. The van der Waals surface area contributed by atoms with Crippen molar-refractivity contribution in [3.05, 3.63) is 29.8 Å². The fraction of sp³-hybridized carbons (Fsp3) is 0.538. The average Bonchev–Trinajstić information content (AvgIpc) is 2.31. The third-order valence-corrected chi connectivity index (χ3v) is 3.25. The lowest BCUT2D eigenvalue weighted by Gasteiger charge is -2.34. The molecular formula is C13H20N2O. The number of benzene rings is 1. The number of hydrogen-bond donors (Lipinski definition) is 1. The first-order valence-corrected chi connectivity index (χ1v) is 5.93. The average molecular weight is 220 g/mol. The summed E-state index contributed by atoms with van der Waals surface area (Å²) in [4.78, 5) is 7.18. The van der Waals surface area contributed by atoms with E-state index in [1.54, 1.807) is 0 Å². The SMILES string of the molecule is Cc1ccc(N2CCCC(CON)C2)cc1. The van der Waals surface area contributed by atoms with Gasteiger partial charge in [-0.25, -0.2) is 5.90 Å². The molecule has 88 valence electrons. The van der Waals surface area contributed by atoms with Crippen LogP contribution in [-0.4, -0.2) is 19.7 Å². The van der Waals surface area contributed by atoms with Crippen LogP contribution in [0.4, 0.5) is 5.69 Å². The van der Waals surface area contributed by atoms with Crippen LogP contribution in [0.3, 0.4) is 0 Å². The first kappa shape index (κ1) is 11.4. The van der Waals surface area contributed by atoms with E-state index in [0.717, 1.165) is 13.1 Å². The van der Waals surface area contributed by atoms with Gasteiger partial charge < -0.3 is 9.74 Å². The zero-order valence-electron chi connectivity index (χ0n) is 9.86. The Labute approximate surface area is 97.1 Å². The summed E-state index contributed by atoms with van der Waals surface area (Å²) in [7, 11) is 0. The van der Waals surface area contributed by atoms with Crippen LogP contribution >= 0.6 is 0 Å². The third kappa shape index (κ3) is 2.74. The Hall–Kier alpha value is -1.06. The van der Waals surface area contributed by atoms with Crippen LogP contribution in [0.25, 0.3) is 0 Å². The lowest BCUT2D eigenvalue weighted by molar-refractivity contribution is 0.0951. The van der Waals surface area contributed by atoms with Crippen molar-refractivity contribution in [2.24, 2.45) is 11.8 Å². The molecule has 3 nitrogen and oxygen atoms in total. The lowest BCUT2D eigenvalue weighted by Crippen LogP contribution is -2.37. The summed E-state index contributed by atoms with van der Waals surface area (Å²) >= 11 is 0. The number of anilines is 1. The molecule has 1 saturated heterocycles. The highest BCUT2D eigenvalue weighted by molar-refractivity contribution is 5.47. The van der Waals surface area contributed by atoms with Gasteiger partial charge in [0.1, 0.15) is 0 Å². The van der Waals surface area contributed by atoms with Gasteiger partial charge in [-0.15, -0.1) is 0 Å². The van der Waals surface area contributed by atoms with Gasteiger partial charge in [-0.05, 0) is 31.9 Å². The van der Waals surface area contributed by atoms with Gasteiger partial charge in [0.05, 0.1) is 6.61 Å². The van der Waals surface area contributed by atoms with Crippen LogP contribution in [0.5, 0.6) is 0 Å². The number of hydrogen-bond acceptors (Lipinski definition) is 3. The Kier molecular flexibility index (Phi) is 3.80. The summed E-state index contributed by atoms with van der Waals surface area (Å²) in [6, 6.07) is 8.72. The number of rotatable bonds is 3. The van der Waals surface area contributed by atoms with Crippen LogP contribution < -0.4 is 10.8 Å². The maximum Gasteiger partial charge on any atom is 0.0724 e. The Morgan fingerprint density at radius 1 is 1.38 bits per heavy atom. The van der Waals surface area contributed by atoms with E-state index in [2.05, 4.69) is 36.1 Å². The van der Waals surface area contributed by atoms with E-state index >= 15 is 0 Å². The van der Waals surface area contributed by atoms with Crippen molar-refractivity contribution >= 4 is 5.69 Å². The van der Waals surface area contributed by atoms with Crippen molar-refractivity contribution in [1.82, 2.24) is 0 Å². The van der Waals surface area contributed by atoms with E-state index in [-0.39, 0.29) is 0 Å².